The van der Waals surface area contributed by atoms with E-state index in [-0.39, 0.29) is 12.5 Å². The molecule has 1 fully saturated rings. The van der Waals surface area contributed by atoms with E-state index in [0.717, 1.165) is 50.1 Å². The lowest BCUT2D eigenvalue weighted by Crippen LogP contribution is -2.42. The topological polar surface area (TPSA) is 147 Å². The highest BCUT2D eigenvalue weighted by molar-refractivity contribution is 5.76. The number of aromatic nitrogens is 11. The van der Waals surface area contributed by atoms with Gasteiger partial charge in [-0.15, -0.1) is 0 Å². The second-order valence-corrected chi connectivity index (χ2v) is 13.7. The summed E-state index contributed by atoms with van der Waals surface area (Å²) >= 11 is 0. The molecule has 0 spiro atoms. The van der Waals surface area contributed by atoms with Crippen molar-refractivity contribution >= 4 is 5.91 Å². The van der Waals surface area contributed by atoms with E-state index in [2.05, 4.69) is 52.3 Å². The van der Waals surface area contributed by atoms with Crippen LogP contribution in [0.15, 0.2) is 135 Å². The number of hydrogen-bond donors (Lipinski definition) is 0. The molecule has 8 aromatic rings. The Morgan fingerprint density at radius 1 is 0.610 bits per heavy atom. The number of morpholine rings is 1. The van der Waals surface area contributed by atoms with E-state index in [9.17, 15) is 13.6 Å². The summed E-state index contributed by atoms with van der Waals surface area (Å²) in [5, 5.41) is 12.5. The molecule has 9 rings (SSSR count). The van der Waals surface area contributed by atoms with Gasteiger partial charge < -0.3 is 9.64 Å². The lowest BCUT2D eigenvalue weighted by Gasteiger charge is -2.26. The standard InChI is InChI=1S/C24H22N6O2.C19H16F2N6/c31-23(29-8-10-32-11-9-29)17-30-16-22(15-28-30)21-13-26-24(27-14-21)20-3-1-2-19(12-20)18-4-6-25-7-5-18;1-26-10-16(8-24-26)13-3-2-4-14(5-13)19-22-6-15(7-23-19)17-9-25-27(11-17)12-18(20)21/h1-7,12-16H,8-11,17H2;2-11,18H,12H2,1H3. The van der Waals surface area contributed by atoms with Gasteiger partial charge in [0.1, 0.15) is 13.1 Å². The summed E-state index contributed by atoms with van der Waals surface area (Å²) in [7, 11) is 1.87. The van der Waals surface area contributed by atoms with Crippen LogP contribution in [0.25, 0.3) is 67.3 Å². The molecule has 0 aliphatic carbocycles. The minimum Gasteiger partial charge on any atom is -0.378 e. The zero-order valence-corrected chi connectivity index (χ0v) is 32.0. The van der Waals surface area contributed by atoms with Gasteiger partial charge in [-0.05, 0) is 41.0 Å². The Morgan fingerprint density at radius 2 is 1.12 bits per heavy atom. The number of aryl methyl sites for hydroxylation is 1. The Bertz CT molecular complexity index is 2620. The van der Waals surface area contributed by atoms with E-state index >= 15 is 0 Å². The molecule has 6 aromatic heterocycles. The summed E-state index contributed by atoms with van der Waals surface area (Å²) in [4.78, 5) is 36.3. The number of carbonyl (C=O) groups is 1. The lowest BCUT2D eigenvalue weighted by atomic mass is 10.0. The molecular weight excluding hydrogens is 755 g/mol. The third kappa shape index (κ3) is 9.62. The second-order valence-electron chi connectivity index (χ2n) is 13.7. The minimum atomic E-state index is -2.44. The minimum absolute atomic E-state index is 0.0450. The maximum absolute atomic E-state index is 12.4. The van der Waals surface area contributed by atoms with Crippen molar-refractivity contribution in [3.8, 4) is 67.3 Å². The Hall–Kier alpha value is -7.33. The van der Waals surface area contributed by atoms with Gasteiger partial charge in [-0.25, -0.2) is 28.7 Å². The first-order valence-corrected chi connectivity index (χ1v) is 18.8. The Labute approximate surface area is 337 Å². The van der Waals surface area contributed by atoms with Gasteiger partial charge in [0.25, 0.3) is 6.43 Å². The van der Waals surface area contributed by atoms with Gasteiger partial charge in [-0.1, -0.05) is 36.4 Å². The molecule has 0 unspecified atom stereocenters. The zero-order chi connectivity index (χ0) is 40.6. The number of benzene rings is 2. The molecule has 0 bridgehead atoms. The number of amides is 1. The average Bonchev–Trinajstić information content (AvgIpc) is 4.07. The van der Waals surface area contributed by atoms with Crippen molar-refractivity contribution in [1.82, 2.24) is 59.2 Å². The normalized spacial score (nSPS) is 12.6. The predicted molar refractivity (Wildman–Crippen MR) is 216 cm³/mol. The van der Waals surface area contributed by atoms with Crippen LogP contribution < -0.4 is 0 Å². The smallest absolute Gasteiger partial charge is 0.257 e. The van der Waals surface area contributed by atoms with Crippen molar-refractivity contribution in [3.05, 3.63) is 135 Å². The Balaban J connectivity index is 0.000000167. The molecule has 0 N–H and O–H groups in total. The Morgan fingerprint density at radius 3 is 1.68 bits per heavy atom. The molecule has 0 atom stereocenters. The number of ether oxygens (including phenoxy) is 1. The van der Waals surface area contributed by atoms with Crippen LogP contribution in [0.3, 0.4) is 0 Å². The highest BCUT2D eigenvalue weighted by Crippen LogP contribution is 2.27. The molecule has 1 amide bonds. The molecule has 16 heteroatoms. The molecule has 7 heterocycles. The van der Waals surface area contributed by atoms with E-state index in [1.165, 1.54) is 10.9 Å². The van der Waals surface area contributed by atoms with Crippen LogP contribution in [0, 0.1) is 0 Å². The fourth-order valence-corrected chi connectivity index (χ4v) is 6.45. The van der Waals surface area contributed by atoms with Crippen LogP contribution in [0.2, 0.25) is 0 Å². The summed E-state index contributed by atoms with van der Waals surface area (Å²) in [5.74, 6) is 1.28. The first-order valence-electron chi connectivity index (χ1n) is 18.8. The fraction of sp³-hybridized carbons (Fsp3) is 0.186. The third-order valence-corrected chi connectivity index (χ3v) is 9.52. The molecule has 14 nitrogen and oxygen atoms in total. The van der Waals surface area contributed by atoms with Crippen LogP contribution in [-0.2, 0) is 29.7 Å². The van der Waals surface area contributed by atoms with Crippen LogP contribution in [0.1, 0.15) is 0 Å². The monoisotopic (exact) mass is 792 g/mol. The molecule has 1 aliphatic rings. The van der Waals surface area contributed by atoms with E-state index in [4.69, 9.17) is 4.74 Å². The van der Waals surface area contributed by atoms with Gasteiger partial charge in [0.05, 0.1) is 31.8 Å². The summed E-state index contributed by atoms with van der Waals surface area (Å²) in [6.07, 6.45) is 18.4. The summed E-state index contributed by atoms with van der Waals surface area (Å²) < 4.78 is 34.8. The summed E-state index contributed by atoms with van der Waals surface area (Å²) in [5.41, 5.74) is 9.20. The number of hydrogen-bond acceptors (Lipinski definition) is 10. The molecule has 2 aromatic carbocycles. The van der Waals surface area contributed by atoms with E-state index in [1.54, 1.807) is 65.1 Å². The molecule has 296 valence electrons. The Kier molecular flexibility index (Phi) is 11.7. The zero-order valence-electron chi connectivity index (χ0n) is 32.0. The van der Waals surface area contributed by atoms with E-state index in [0.29, 0.717) is 43.5 Å². The van der Waals surface area contributed by atoms with Crippen molar-refractivity contribution in [2.24, 2.45) is 7.05 Å². The molecule has 59 heavy (non-hydrogen) atoms. The molecule has 0 radical (unpaired) electrons. The fourth-order valence-electron chi connectivity index (χ4n) is 6.45. The van der Waals surface area contributed by atoms with Crippen molar-refractivity contribution in [1.29, 1.82) is 0 Å². The van der Waals surface area contributed by atoms with Crippen molar-refractivity contribution < 1.29 is 18.3 Å². The van der Waals surface area contributed by atoms with Crippen LogP contribution >= 0.6 is 0 Å². The number of rotatable bonds is 10. The van der Waals surface area contributed by atoms with Gasteiger partial charge in [0, 0.05) is 115 Å². The van der Waals surface area contributed by atoms with Gasteiger partial charge in [0.15, 0.2) is 11.6 Å². The lowest BCUT2D eigenvalue weighted by molar-refractivity contribution is -0.136. The van der Waals surface area contributed by atoms with Gasteiger partial charge in [0.2, 0.25) is 5.91 Å². The predicted octanol–water partition coefficient (Wildman–Crippen LogP) is 6.60. The largest absolute Gasteiger partial charge is 0.378 e. The summed E-state index contributed by atoms with van der Waals surface area (Å²) in [6.45, 7) is 2.21. The summed E-state index contributed by atoms with van der Waals surface area (Å²) in [6, 6.07) is 20.0. The quantitative estimate of drug-likeness (QED) is 0.148. The molecule has 1 saturated heterocycles. The first-order chi connectivity index (χ1) is 28.8. The highest BCUT2D eigenvalue weighted by atomic mass is 19.3. The number of pyridine rings is 1. The van der Waals surface area contributed by atoms with Gasteiger partial charge >= 0.3 is 0 Å². The van der Waals surface area contributed by atoms with Crippen molar-refractivity contribution in [3.63, 3.8) is 0 Å². The van der Waals surface area contributed by atoms with Crippen molar-refractivity contribution in [2.45, 2.75) is 19.5 Å². The average molecular weight is 793 g/mol. The first kappa shape index (κ1) is 38.5. The number of halogens is 2. The number of alkyl halides is 2. The van der Waals surface area contributed by atoms with Crippen molar-refractivity contribution in [2.75, 3.05) is 26.3 Å². The van der Waals surface area contributed by atoms with E-state index < -0.39 is 13.0 Å². The molecule has 1 aliphatic heterocycles. The SMILES string of the molecule is Cn1cc(-c2cccc(-c3ncc(-c4cnn(CC(F)F)c4)cn3)c2)cn1.O=C(Cn1cc(-c2cnc(-c3cccc(-c4ccncc4)c3)nc2)cn1)N1CCOCC1. The second kappa shape index (κ2) is 17.9. The molecular formula is C43H38F2N12O2. The molecule has 0 saturated carbocycles. The van der Waals surface area contributed by atoms with Crippen LogP contribution in [0.5, 0.6) is 0 Å². The van der Waals surface area contributed by atoms with E-state index in [1.807, 2.05) is 72.9 Å². The highest BCUT2D eigenvalue weighted by Gasteiger charge is 2.18. The number of carbonyl (C=O) groups excluding carboxylic acids is 1. The maximum Gasteiger partial charge on any atom is 0.257 e. The van der Waals surface area contributed by atoms with Crippen LogP contribution in [0.4, 0.5) is 8.78 Å². The number of nitrogens with zero attached hydrogens (tertiary/aromatic N) is 12. The third-order valence-electron chi connectivity index (χ3n) is 9.52. The van der Waals surface area contributed by atoms with Gasteiger partial charge in [-0.3, -0.25) is 23.8 Å². The van der Waals surface area contributed by atoms with Gasteiger partial charge in [-0.2, -0.15) is 15.3 Å². The van der Waals surface area contributed by atoms with Crippen LogP contribution in [-0.4, -0.2) is 97.8 Å². The maximum atomic E-state index is 12.4.